The lowest BCUT2D eigenvalue weighted by Gasteiger charge is -2.15. The average Bonchev–Trinajstić information content (AvgIpc) is 2.14. The fourth-order valence-corrected chi connectivity index (χ4v) is 1.89. The zero-order chi connectivity index (χ0) is 12.5. The summed E-state index contributed by atoms with van der Waals surface area (Å²) < 4.78 is 37.5. The Hall–Kier alpha value is 0.0300. The minimum absolute atomic E-state index is 0.0108. The minimum Gasteiger partial charge on any atom is -0.386 e. The number of aliphatic hydroxyl groups is 1. The Bertz CT molecular complexity index is 382. The smallest absolute Gasteiger partial charge is 0.386 e. The summed E-state index contributed by atoms with van der Waals surface area (Å²) in [4.78, 5) is -1.18. The molecule has 0 saturated heterocycles. The third kappa shape index (κ3) is 3.52. The first-order valence-corrected chi connectivity index (χ1v) is 5.72. The molecule has 1 unspecified atom stereocenters. The van der Waals surface area contributed by atoms with Gasteiger partial charge in [0, 0.05) is 4.47 Å². The van der Waals surface area contributed by atoms with E-state index in [0.717, 1.165) is 12.1 Å². The molecule has 0 amide bonds. The van der Waals surface area contributed by atoms with E-state index in [-0.39, 0.29) is 10.0 Å². The van der Waals surface area contributed by atoms with E-state index in [2.05, 4.69) is 15.9 Å². The molecule has 1 aromatic carbocycles. The number of rotatable bonds is 2. The maximum atomic E-state index is 12.4. The van der Waals surface area contributed by atoms with Crippen LogP contribution in [0.4, 0.5) is 13.2 Å². The van der Waals surface area contributed by atoms with Gasteiger partial charge in [-0.2, -0.15) is 13.2 Å². The second kappa shape index (κ2) is 5.12. The standard InChI is InChI=1S/C9H6BrCl2F3O/c10-6-2-4(7(16)8(11)12)1-5(3-6)9(13,14)15/h1-3,7-8,16H. The van der Waals surface area contributed by atoms with Crippen molar-refractivity contribution in [2.45, 2.75) is 17.1 Å². The molecule has 1 aromatic rings. The van der Waals surface area contributed by atoms with Gasteiger partial charge in [0.2, 0.25) is 0 Å². The van der Waals surface area contributed by atoms with Crippen LogP contribution in [0.1, 0.15) is 17.2 Å². The van der Waals surface area contributed by atoms with Crippen molar-refractivity contribution in [1.29, 1.82) is 0 Å². The zero-order valence-corrected chi connectivity index (χ0v) is 10.7. The number of aliphatic hydroxyl groups excluding tert-OH is 1. The van der Waals surface area contributed by atoms with Crippen LogP contribution in [0.2, 0.25) is 0 Å². The second-order valence-electron chi connectivity index (χ2n) is 3.05. The van der Waals surface area contributed by atoms with E-state index in [4.69, 9.17) is 23.2 Å². The maximum absolute atomic E-state index is 12.4. The fraction of sp³-hybridized carbons (Fsp3) is 0.333. The SMILES string of the molecule is OC(c1cc(Br)cc(C(F)(F)F)c1)C(Cl)Cl. The minimum atomic E-state index is -4.48. The van der Waals surface area contributed by atoms with Crippen molar-refractivity contribution in [2.75, 3.05) is 0 Å². The summed E-state index contributed by atoms with van der Waals surface area (Å²) in [5, 5.41) is 9.46. The van der Waals surface area contributed by atoms with E-state index in [1.807, 2.05) is 0 Å². The molecule has 1 N–H and O–H groups in total. The molecule has 1 atom stereocenters. The number of hydrogen-bond donors (Lipinski definition) is 1. The molecule has 0 aliphatic carbocycles. The van der Waals surface area contributed by atoms with Crippen LogP contribution >= 0.6 is 39.1 Å². The van der Waals surface area contributed by atoms with E-state index in [1.54, 1.807) is 0 Å². The number of hydrogen-bond acceptors (Lipinski definition) is 1. The second-order valence-corrected chi connectivity index (χ2v) is 5.13. The van der Waals surface area contributed by atoms with Crippen molar-refractivity contribution in [1.82, 2.24) is 0 Å². The quantitative estimate of drug-likeness (QED) is 0.797. The van der Waals surface area contributed by atoms with Crippen molar-refractivity contribution >= 4 is 39.1 Å². The zero-order valence-electron chi connectivity index (χ0n) is 7.60. The highest BCUT2D eigenvalue weighted by Gasteiger charge is 2.32. The maximum Gasteiger partial charge on any atom is 0.416 e. The topological polar surface area (TPSA) is 20.2 Å². The number of alkyl halides is 5. The Morgan fingerprint density at radius 3 is 2.19 bits per heavy atom. The molecule has 7 heteroatoms. The van der Waals surface area contributed by atoms with Gasteiger partial charge in [0.1, 0.15) is 10.9 Å². The number of halogens is 6. The van der Waals surface area contributed by atoms with Gasteiger partial charge in [-0.15, -0.1) is 23.2 Å². The van der Waals surface area contributed by atoms with E-state index < -0.39 is 22.7 Å². The van der Waals surface area contributed by atoms with E-state index in [9.17, 15) is 18.3 Å². The van der Waals surface area contributed by atoms with Gasteiger partial charge in [0.25, 0.3) is 0 Å². The van der Waals surface area contributed by atoms with Crippen LogP contribution in [-0.2, 0) is 6.18 Å². The van der Waals surface area contributed by atoms with Gasteiger partial charge in [0.15, 0.2) is 0 Å². The Labute approximate surface area is 108 Å². The first kappa shape index (κ1) is 14.1. The summed E-state index contributed by atoms with van der Waals surface area (Å²) >= 11 is 13.7. The Morgan fingerprint density at radius 1 is 1.19 bits per heavy atom. The first-order valence-electron chi connectivity index (χ1n) is 4.05. The average molecular weight is 338 g/mol. The lowest BCUT2D eigenvalue weighted by atomic mass is 10.1. The molecular formula is C9H6BrCl2F3O. The summed E-state index contributed by atoms with van der Waals surface area (Å²) in [5.74, 6) is 0. The molecule has 0 aliphatic heterocycles. The predicted molar refractivity (Wildman–Crippen MR) is 59.6 cm³/mol. The summed E-state index contributed by atoms with van der Waals surface area (Å²) in [5.41, 5.74) is -0.860. The summed E-state index contributed by atoms with van der Waals surface area (Å²) in [6, 6.07) is 3.05. The Balaban J connectivity index is 3.18. The first-order chi connectivity index (χ1) is 7.21. The normalized spacial score (nSPS) is 14.2. The van der Waals surface area contributed by atoms with Crippen LogP contribution in [0.3, 0.4) is 0 Å². The van der Waals surface area contributed by atoms with Crippen molar-refractivity contribution in [3.63, 3.8) is 0 Å². The molecule has 0 aliphatic rings. The van der Waals surface area contributed by atoms with E-state index in [0.29, 0.717) is 0 Å². The molecule has 90 valence electrons. The van der Waals surface area contributed by atoms with E-state index >= 15 is 0 Å². The molecule has 0 heterocycles. The third-order valence-electron chi connectivity index (χ3n) is 1.83. The lowest BCUT2D eigenvalue weighted by Crippen LogP contribution is -2.10. The molecule has 0 bridgehead atoms. The highest BCUT2D eigenvalue weighted by Crippen LogP contribution is 2.34. The summed E-state index contributed by atoms with van der Waals surface area (Å²) in [7, 11) is 0. The van der Waals surface area contributed by atoms with Crippen LogP contribution in [-0.4, -0.2) is 9.94 Å². The van der Waals surface area contributed by atoms with Gasteiger partial charge in [-0.05, 0) is 23.8 Å². The van der Waals surface area contributed by atoms with Crippen LogP contribution in [0, 0.1) is 0 Å². The van der Waals surface area contributed by atoms with Crippen LogP contribution in [0.5, 0.6) is 0 Å². The molecule has 0 aromatic heterocycles. The highest BCUT2D eigenvalue weighted by atomic mass is 79.9. The summed E-state index contributed by atoms with van der Waals surface area (Å²) in [6.07, 6.45) is -5.84. The molecule has 16 heavy (non-hydrogen) atoms. The van der Waals surface area contributed by atoms with Crippen molar-refractivity contribution < 1.29 is 18.3 Å². The fourth-order valence-electron chi connectivity index (χ4n) is 1.09. The third-order valence-corrected chi connectivity index (χ3v) is 2.76. The molecule has 1 nitrogen and oxygen atoms in total. The molecule has 0 spiro atoms. The van der Waals surface area contributed by atoms with Gasteiger partial charge in [0.05, 0.1) is 5.56 Å². The monoisotopic (exact) mass is 336 g/mol. The van der Waals surface area contributed by atoms with Gasteiger partial charge in [-0.25, -0.2) is 0 Å². The molecule has 0 radical (unpaired) electrons. The van der Waals surface area contributed by atoms with Crippen LogP contribution < -0.4 is 0 Å². The van der Waals surface area contributed by atoms with Crippen LogP contribution in [0.15, 0.2) is 22.7 Å². The summed E-state index contributed by atoms with van der Waals surface area (Å²) in [6.45, 7) is 0. The van der Waals surface area contributed by atoms with Crippen molar-refractivity contribution in [3.05, 3.63) is 33.8 Å². The van der Waals surface area contributed by atoms with Crippen LogP contribution in [0.25, 0.3) is 0 Å². The number of benzene rings is 1. The molecule has 1 rings (SSSR count). The van der Waals surface area contributed by atoms with E-state index in [1.165, 1.54) is 6.07 Å². The predicted octanol–water partition coefficient (Wildman–Crippen LogP) is 4.31. The largest absolute Gasteiger partial charge is 0.416 e. The molecular weight excluding hydrogens is 332 g/mol. The van der Waals surface area contributed by atoms with Gasteiger partial charge in [-0.1, -0.05) is 15.9 Å². The van der Waals surface area contributed by atoms with Crippen molar-refractivity contribution in [2.24, 2.45) is 0 Å². The highest BCUT2D eigenvalue weighted by molar-refractivity contribution is 9.10. The van der Waals surface area contributed by atoms with Gasteiger partial charge >= 0.3 is 6.18 Å². The lowest BCUT2D eigenvalue weighted by molar-refractivity contribution is -0.137. The molecule has 0 fully saturated rings. The van der Waals surface area contributed by atoms with Gasteiger partial charge in [-0.3, -0.25) is 0 Å². The molecule has 0 saturated carbocycles. The van der Waals surface area contributed by atoms with Crippen molar-refractivity contribution in [3.8, 4) is 0 Å². The Morgan fingerprint density at radius 2 is 1.75 bits per heavy atom. The Kier molecular flexibility index (Phi) is 4.51. The van der Waals surface area contributed by atoms with Gasteiger partial charge < -0.3 is 5.11 Å².